The molecule has 1 aliphatic carbocycles. The zero-order valence-corrected chi connectivity index (χ0v) is 13.4. The van der Waals surface area contributed by atoms with E-state index in [0.717, 1.165) is 29.9 Å². The lowest BCUT2D eigenvalue weighted by Gasteiger charge is -2.22. The molecular formula is C21H19NO2. The topological polar surface area (TPSA) is 33.5 Å². The molecule has 0 N–H and O–H groups in total. The molecule has 24 heavy (non-hydrogen) atoms. The van der Waals surface area contributed by atoms with Crippen LogP contribution in [-0.2, 0) is 11.3 Å². The molecule has 3 heteroatoms. The maximum Gasteiger partial charge on any atom is 0.230 e. The molecule has 2 aromatic carbocycles. The fraction of sp³-hybridized carbons (Fsp3) is 0.190. The first-order valence-electron chi connectivity index (χ1n) is 8.30. The molecule has 1 saturated carbocycles. The number of benzene rings is 2. The van der Waals surface area contributed by atoms with Crippen LogP contribution < -0.4 is 4.90 Å². The van der Waals surface area contributed by atoms with E-state index in [9.17, 15) is 4.79 Å². The molecule has 0 radical (unpaired) electrons. The van der Waals surface area contributed by atoms with E-state index in [0.29, 0.717) is 6.54 Å². The van der Waals surface area contributed by atoms with Crippen molar-refractivity contribution in [3.63, 3.8) is 0 Å². The molecule has 0 bridgehead atoms. The highest BCUT2D eigenvalue weighted by atomic mass is 16.3. The van der Waals surface area contributed by atoms with Crippen molar-refractivity contribution in [1.82, 2.24) is 0 Å². The maximum atomic E-state index is 12.7. The number of nitrogens with zero attached hydrogens (tertiary/aromatic N) is 1. The van der Waals surface area contributed by atoms with Gasteiger partial charge in [0.05, 0.1) is 12.8 Å². The van der Waals surface area contributed by atoms with Gasteiger partial charge in [0.1, 0.15) is 5.76 Å². The highest BCUT2D eigenvalue weighted by molar-refractivity contribution is 5.96. The van der Waals surface area contributed by atoms with Gasteiger partial charge in [-0.15, -0.1) is 0 Å². The highest BCUT2D eigenvalue weighted by Crippen LogP contribution is 2.34. The zero-order chi connectivity index (χ0) is 16.4. The van der Waals surface area contributed by atoms with E-state index in [1.807, 2.05) is 47.4 Å². The second-order valence-electron chi connectivity index (χ2n) is 6.19. The van der Waals surface area contributed by atoms with Crippen LogP contribution in [0.5, 0.6) is 0 Å². The molecule has 1 aromatic heterocycles. The summed E-state index contributed by atoms with van der Waals surface area (Å²) in [4.78, 5) is 14.5. The molecule has 0 saturated heterocycles. The lowest BCUT2D eigenvalue weighted by Crippen LogP contribution is -2.31. The molecule has 1 fully saturated rings. The molecular weight excluding hydrogens is 298 g/mol. The van der Waals surface area contributed by atoms with Gasteiger partial charge in [-0.2, -0.15) is 0 Å². The second-order valence-corrected chi connectivity index (χ2v) is 6.19. The van der Waals surface area contributed by atoms with Crippen LogP contribution in [0.4, 0.5) is 5.69 Å². The predicted molar refractivity (Wildman–Crippen MR) is 94.5 cm³/mol. The minimum atomic E-state index is 0.175. The van der Waals surface area contributed by atoms with Crippen LogP contribution in [0.15, 0.2) is 77.4 Å². The van der Waals surface area contributed by atoms with Gasteiger partial charge < -0.3 is 9.32 Å². The Labute approximate surface area is 141 Å². The Bertz CT molecular complexity index is 803. The van der Waals surface area contributed by atoms with Crippen molar-refractivity contribution < 1.29 is 9.21 Å². The largest absolute Gasteiger partial charge is 0.467 e. The monoisotopic (exact) mass is 317 g/mol. The van der Waals surface area contributed by atoms with E-state index in [1.165, 1.54) is 5.56 Å². The average Bonchev–Trinajstić information content (AvgIpc) is 3.37. The van der Waals surface area contributed by atoms with Gasteiger partial charge in [0.2, 0.25) is 5.91 Å². The van der Waals surface area contributed by atoms with E-state index in [1.54, 1.807) is 6.26 Å². The lowest BCUT2D eigenvalue weighted by atomic mass is 10.1. The van der Waals surface area contributed by atoms with Crippen LogP contribution in [0, 0.1) is 5.92 Å². The first-order chi connectivity index (χ1) is 11.8. The van der Waals surface area contributed by atoms with E-state index in [2.05, 4.69) is 24.3 Å². The van der Waals surface area contributed by atoms with Crippen molar-refractivity contribution in [3.05, 3.63) is 78.8 Å². The molecule has 1 amide bonds. The van der Waals surface area contributed by atoms with Gasteiger partial charge in [0.15, 0.2) is 0 Å². The summed E-state index contributed by atoms with van der Waals surface area (Å²) in [6.45, 7) is 0.479. The number of furan rings is 1. The fourth-order valence-electron chi connectivity index (χ4n) is 2.87. The third-order valence-electron chi connectivity index (χ3n) is 4.37. The Kier molecular flexibility index (Phi) is 3.91. The number of hydrogen-bond acceptors (Lipinski definition) is 2. The Morgan fingerprint density at radius 1 is 0.917 bits per heavy atom. The first-order valence-corrected chi connectivity index (χ1v) is 8.30. The summed E-state index contributed by atoms with van der Waals surface area (Å²) in [5, 5.41) is 0. The molecule has 4 rings (SSSR count). The minimum absolute atomic E-state index is 0.175. The second kappa shape index (κ2) is 6.36. The van der Waals surface area contributed by atoms with Crippen molar-refractivity contribution in [2.24, 2.45) is 5.92 Å². The van der Waals surface area contributed by atoms with E-state index in [4.69, 9.17) is 4.42 Å². The average molecular weight is 317 g/mol. The van der Waals surface area contributed by atoms with Gasteiger partial charge in [0, 0.05) is 11.6 Å². The molecule has 0 aliphatic heterocycles. The Morgan fingerprint density at radius 2 is 1.62 bits per heavy atom. The van der Waals surface area contributed by atoms with Crippen LogP contribution in [0.1, 0.15) is 18.6 Å². The SMILES string of the molecule is O=C(C1CC1)N(Cc1ccco1)c1ccc(-c2ccccc2)cc1. The van der Waals surface area contributed by atoms with Crippen LogP contribution in [0.3, 0.4) is 0 Å². The number of anilines is 1. The molecule has 0 atom stereocenters. The normalized spacial score (nSPS) is 13.7. The summed E-state index contributed by atoms with van der Waals surface area (Å²) in [6.07, 6.45) is 3.64. The Balaban J connectivity index is 1.61. The third-order valence-corrected chi connectivity index (χ3v) is 4.37. The summed E-state index contributed by atoms with van der Waals surface area (Å²) in [5.41, 5.74) is 3.24. The molecule has 0 spiro atoms. The van der Waals surface area contributed by atoms with E-state index in [-0.39, 0.29) is 11.8 Å². The van der Waals surface area contributed by atoms with Crippen molar-refractivity contribution in [1.29, 1.82) is 0 Å². The summed E-state index contributed by atoms with van der Waals surface area (Å²) in [5.74, 6) is 1.17. The molecule has 3 aromatic rings. The van der Waals surface area contributed by atoms with Crippen LogP contribution >= 0.6 is 0 Å². The van der Waals surface area contributed by atoms with Crippen molar-refractivity contribution in [2.75, 3.05) is 4.90 Å². The van der Waals surface area contributed by atoms with Gasteiger partial charge >= 0.3 is 0 Å². The molecule has 0 unspecified atom stereocenters. The number of carbonyl (C=O) groups is 1. The quantitative estimate of drug-likeness (QED) is 0.671. The summed E-state index contributed by atoms with van der Waals surface area (Å²) < 4.78 is 5.43. The van der Waals surface area contributed by atoms with E-state index < -0.39 is 0 Å². The number of carbonyl (C=O) groups excluding carboxylic acids is 1. The van der Waals surface area contributed by atoms with Gasteiger partial charge in [-0.25, -0.2) is 0 Å². The molecule has 1 aliphatic rings. The van der Waals surface area contributed by atoms with Gasteiger partial charge in [-0.3, -0.25) is 4.79 Å². The zero-order valence-electron chi connectivity index (χ0n) is 13.4. The number of hydrogen-bond donors (Lipinski definition) is 0. The summed E-state index contributed by atoms with van der Waals surface area (Å²) in [6, 6.07) is 22.2. The molecule has 120 valence electrons. The van der Waals surface area contributed by atoms with Gasteiger partial charge in [-0.1, -0.05) is 42.5 Å². The van der Waals surface area contributed by atoms with Crippen LogP contribution in [-0.4, -0.2) is 5.91 Å². The van der Waals surface area contributed by atoms with E-state index >= 15 is 0 Å². The van der Waals surface area contributed by atoms with Gasteiger partial charge in [-0.05, 0) is 48.2 Å². The third kappa shape index (κ3) is 3.11. The highest BCUT2D eigenvalue weighted by Gasteiger charge is 2.34. The number of rotatable bonds is 5. The van der Waals surface area contributed by atoms with Gasteiger partial charge in [0.25, 0.3) is 0 Å². The maximum absolute atomic E-state index is 12.7. The Hall–Kier alpha value is -2.81. The van der Waals surface area contributed by atoms with Crippen molar-refractivity contribution in [3.8, 4) is 11.1 Å². The Morgan fingerprint density at radius 3 is 2.25 bits per heavy atom. The summed E-state index contributed by atoms with van der Waals surface area (Å²) in [7, 11) is 0. The standard InChI is InChI=1S/C21H19NO2/c23-21(18-8-9-18)22(15-20-7-4-14-24-20)19-12-10-17(11-13-19)16-5-2-1-3-6-16/h1-7,10-14,18H,8-9,15H2. The van der Waals surface area contributed by atoms with Crippen molar-refractivity contribution in [2.45, 2.75) is 19.4 Å². The smallest absolute Gasteiger partial charge is 0.230 e. The van der Waals surface area contributed by atoms with Crippen molar-refractivity contribution >= 4 is 11.6 Å². The first kappa shape index (κ1) is 14.8. The molecule has 1 heterocycles. The fourth-order valence-corrected chi connectivity index (χ4v) is 2.87. The lowest BCUT2D eigenvalue weighted by molar-refractivity contribution is -0.120. The summed E-state index contributed by atoms with van der Waals surface area (Å²) >= 11 is 0. The van der Waals surface area contributed by atoms with Crippen LogP contribution in [0.2, 0.25) is 0 Å². The van der Waals surface area contributed by atoms with Crippen LogP contribution in [0.25, 0.3) is 11.1 Å². The molecule has 3 nitrogen and oxygen atoms in total. The minimum Gasteiger partial charge on any atom is -0.467 e. The number of amides is 1. The predicted octanol–water partition coefficient (Wildman–Crippen LogP) is 4.89.